The summed E-state index contributed by atoms with van der Waals surface area (Å²) in [5, 5.41) is 4.42. The minimum absolute atomic E-state index is 0.598. The number of pyridine rings is 1. The molecule has 19 heavy (non-hydrogen) atoms. The molecule has 0 amide bonds. The summed E-state index contributed by atoms with van der Waals surface area (Å²) in [6.45, 7) is 0. The zero-order valence-corrected chi connectivity index (χ0v) is 10.9. The molecule has 0 aliphatic carbocycles. The van der Waals surface area contributed by atoms with Crippen LogP contribution < -0.4 is 5.73 Å². The van der Waals surface area contributed by atoms with E-state index in [1.807, 2.05) is 12.3 Å². The molecule has 0 saturated heterocycles. The van der Waals surface area contributed by atoms with E-state index in [1.165, 1.54) is 15.6 Å². The Morgan fingerprint density at radius 2 is 2.11 bits per heavy atom. The van der Waals surface area contributed by atoms with Gasteiger partial charge in [-0.05, 0) is 34.5 Å². The van der Waals surface area contributed by atoms with Gasteiger partial charge in [-0.2, -0.15) is 0 Å². The van der Waals surface area contributed by atoms with Crippen molar-refractivity contribution in [2.75, 3.05) is 5.73 Å². The van der Waals surface area contributed by atoms with Crippen LogP contribution in [0.15, 0.2) is 48.1 Å². The first-order valence-corrected chi connectivity index (χ1v) is 6.90. The van der Waals surface area contributed by atoms with Gasteiger partial charge in [0.2, 0.25) is 0 Å². The molecule has 0 atom stereocenters. The van der Waals surface area contributed by atoms with E-state index in [0.717, 1.165) is 16.5 Å². The first-order valence-electron chi connectivity index (χ1n) is 6.02. The molecule has 0 bridgehead atoms. The van der Waals surface area contributed by atoms with Crippen molar-refractivity contribution in [3.05, 3.63) is 48.1 Å². The number of H-pyrrole nitrogens is 1. The van der Waals surface area contributed by atoms with Gasteiger partial charge in [-0.3, -0.25) is 0 Å². The highest BCUT2D eigenvalue weighted by molar-refractivity contribution is 7.17. The van der Waals surface area contributed by atoms with Gasteiger partial charge >= 0.3 is 0 Å². The number of thiophene rings is 1. The summed E-state index contributed by atoms with van der Waals surface area (Å²) < 4.78 is 1.18. The summed E-state index contributed by atoms with van der Waals surface area (Å²) in [7, 11) is 0. The summed E-state index contributed by atoms with van der Waals surface area (Å²) in [6, 6.07) is 10.5. The summed E-state index contributed by atoms with van der Waals surface area (Å²) >= 11 is 1.70. The monoisotopic (exact) mass is 265 g/mol. The van der Waals surface area contributed by atoms with Crippen LogP contribution in [0.2, 0.25) is 0 Å². The standard InChI is InChI=1S/C15H11N3S/c16-15-14-11(8-19-13(14)4-6-18-15)10-2-1-9-3-5-17-12(9)7-10/h1-8,17H,(H2,16,18). The second kappa shape index (κ2) is 3.83. The molecule has 0 aliphatic heterocycles. The fourth-order valence-corrected chi connectivity index (χ4v) is 3.41. The summed E-state index contributed by atoms with van der Waals surface area (Å²) in [5.41, 5.74) is 9.48. The molecule has 0 unspecified atom stereocenters. The molecule has 3 heterocycles. The van der Waals surface area contributed by atoms with Gasteiger partial charge in [0.25, 0.3) is 0 Å². The fraction of sp³-hybridized carbons (Fsp3) is 0. The average molecular weight is 265 g/mol. The molecule has 0 spiro atoms. The van der Waals surface area contributed by atoms with Crippen molar-refractivity contribution in [1.29, 1.82) is 0 Å². The lowest BCUT2D eigenvalue weighted by Crippen LogP contribution is -1.90. The highest BCUT2D eigenvalue weighted by Gasteiger charge is 2.10. The molecule has 0 saturated carbocycles. The Morgan fingerprint density at radius 1 is 1.16 bits per heavy atom. The third kappa shape index (κ3) is 1.54. The highest BCUT2D eigenvalue weighted by atomic mass is 32.1. The van der Waals surface area contributed by atoms with Crippen molar-refractivity contribution in [2.45, 2.75) is 0 Å². The number of nitrogens with one attached hydrogen (secondary N) is 1. The van der Waals surface area contributed by atoms with E-state index >= 15 is 0 Å². The number of hydrogen-bond acceptors (Lipinski definition) is 3. The van der Waals surface area contributed by atoms with Crippen molar-refractivity contribution in [3.8, 4) is 11.1 Å². The maximum absolute atomic E-state index is 6.02. The van der Waals surface area contributed by atoms with Crippen molar-refractivity contribution in [3.63, 3.8) is 0 Å². The molecule has 4 heteroatoms. The van der Waals surface area contributed by atoms with Gasteiger partial charge < -0.3 is 10.7 Å². The summed E-state index contributed by atoms with van der Waals surface area (Å²) in [6.07, 6.45) is 3.71. The molecule has 4 rings (SSSR count). The molecule has 4 aromatic rings. The molecule has 3 aromatic heterocycles. The molecule has 0 aliphatic rings. The van der Waals surface area contributed by atoms with E-state index in [0.29, 0.717) is 5.82 Å². The van der Waals surface area contributed by atoms with Gasteiger partial charge in [0.05, 0.1) is 0 Å². The van der Waals surface area contributed by atoms with Crippen molar-refractivity contribution < 1.29 is 0 Å². The van der Waals surface area contributed by atoms with Crippen molar-refractivity contribution >= 4 is 38.1 Å². The second-order valence-corrected chi connectivity index (χ2v) is 5.41. The highest BCUT2D eigenvalue weighted by Crippen LogP contribution is 2.37. The molecule has 92 valence electrons. The SMILES string of the molecule is Nc1nccc2scc(-c3ccc4cc[nH]c4c3)c12. The number of fused-ring (bicyclic) bond motifs is 2. The molecule has 3 N–H and O–H groups in total. The lowest BCUT2D eigenvalue weighted by Gasteiger charge is -2.02. The van der Waals surface area contributed by atoms with Gasteiger partial charge in [0, 0.05) is 33.6 Å². The summed E-state index contributed by atoms with van der Waals surface area (Å²) in [5.74, 6) is 0.598. The van der Waals surface area contributed by atoms with Gasteiger partial charge in [0.1, 0.15) is 5.82 Å². The largest absolute Gasteiger partial charge is 0.383 e. The normalized spacial score (nSPS) is 11.4. The van der Waals surface area contributed by atoms with E-state index in [4.69, 9.17) is 5.73 Å². The van der Waals surface area contributed by atoms with E-state index in [2.05, 4.69) is 39.6 Å². The van der Waals surface area contributed by atoms with Crippen LogP contribution in [0, 0.1) is 0 Å². The van der Waals surface area contributed by atoms with Crippen LogP contribution in [-0.4, -0.2) is 9.97 Å². The third-order valence-electron chi connectivity index (χ3n) is 3.38. The number of rotatable bonds is 1. The smallest absolute Gasteiger partial charge is 0.132 e. The van der Waals surface area contributed by atoms with Crippen LogP contribution in [0.4, 0.5) is 5.82 Å². The maximum atomic E-state index is 6.02. The van der Waals surface area contributed by atoms with Gasteiger partial charge in [-0.15, -0.1) is 11.3 Å². The van der Waals surface area contributed by atoms with Crippen LogP contribution in [0.1, 0.15) is 0 Å². The van der Waals surface area contributed by atoms with Crippen LogP contribution in [0.5, 0.6) is 0 Å². The van der Waals surface area contributed by atoms with Crippen LogP contribution in [0.3, 0.4) is 0 Å². The minimum atomic E-state index is 0.598. The second-order valence-electron chi connectivity index (χ2n) is 4.50. The number of aromatic amines is 1. The zero-order valence-electron chi connectivity index (χ0n) is 10.1. The van der Waals surface area contributed by atoms with E-state index in [1.54, 1.807) is 17.5 Å². The van der Waals surface area contributed by atoms with Gasteiger partial charge in [-0.1, -0.05) is 12.1 Å². The van der Waals surface area contributed by atoms with Gasteiger partial charge in [-0.25, -0.2) is 4.98 Å². The summed E-state index contributed by atoms with van der Waals surface area (Å²) in [4.78, 5) is 7.44. The fourth-order valence-electron chi connectivity index (χ4n) is 2.44. The molecule has 3 nitrogen and oxygen atoms in total. The molecule has 0 fully saturated rings. The number of anilines is 1. The lowest BCUT2D eigenvalue weighted by molar-refractivity contribution is 1.38. The number of nitrogens with two attached hydrogens (primary N) is 1. The zero-order chi connectivity index (χ0) is 12.8. The van der Waals surface area contributed by atoms with Crippen LogP contribution in [-0.2, 0) is 0 Å². The topological polar surface area (TPSA) is 54.7 Å². The number of benzene rings is 1. The number of nitrogen functional groups attached to an aromatic ring is 1. The first kappa shape index (κ1) is 10.6. The molecular formula is C15H11N3S. The number of hydrogen-bond donors (Lipinski definition) is 2. The van der Waals surface area contributed by atoms with E-state index in [9.17, 15) is 0 Å². The Hall–Kier alpha value is -2.33. The molecular weight excluding hydrogens is 254 g/mol. The van der Waals surface area contributed by atoms with Gasteiger partial charge in [0.15, 0.2) is 0 Å². The average Bonchev–Trinajstić information content (AvgIpc) is 3.04. The van der Waals surface area contributed by atoms with Crippen molar-refractivity contribution in [1.82, 2.24) is 9.97 Å². The first-order chi connectivity index (χ1) is 9.33. The maximum Gasteiger partial charge on any atom is 0.132 e. The lowest BCUT2D eigenvalue weighted by atomic mass is 10.0. The van der Waals surface area contributed by atoms with Crippen LogP contribution >= 0.6 is 11.3 Å². The Morgan fingerprint density at radius 3 is 3.05 bits per heavy atom. The minimum Gasteiger partial charge on any atom is -0.383 e. The molecule has 0 radical (unpaired) electrons. The Kier molecular flexibility index (Phi) is 2.13. The number of nitrogens with zero attached hydrogens (tertiary/aromatic N) is 1. The van der Waals surface area contributed by atoms with E-state index in [-0.39, 0.29) is 0 Å². The third-order valence-corrected chi connectivity index (χ3v) is 4.33. The Balaban J connectivity index is 2.03. The predicted molar refractivity (Wildman–Crippen MR) is 81.3 cm³/mol. The number of aromatic nitrogens is 2. The molecule has 1 aromatic carbocycles. The Bertz CT molecular complexity index is 889. The van der Waals surface area contributed by atoms with E-state index < -0.39 is 0 Å². The predicted octanol–water partition coefficient (Wildman–Crippen LogP) is 4.03. The quantitative estimate of drug-likeness (QED) is 0.546. The van der Waals surface area contributed by atoms with Crippen molar-refractivity contribution in [2.24, 2.45) is 0 Å². The Labute approximate surface area is 113 Å². The van der Waals surface area contributed by atoms with Crippen LogP contribution in [0.25, 0.3) is 32.1 Å².